The number of hydrogen-bond acceptors (Lipinski definition) is 3. The van der Waals surface area contributed by atoms with E-state index in [1.54, 1.807) is 30.3 Å². The molecule has 2 N–H and O–H groups in total. The molecule has 1 fully saturated rings. The molecule has 0 amide bonds. The quantitative estimate of drug-likeness (QED) is 0.308. The van der Waals surface area contributed by atoms with Gasteiger partial charge in [-0.15, -0.1) is 11.6 Å². The summed E-state index contributed by atoms with van der Waals surface area (Å²) in [5.41, 5.74) is 0. The highest BCUT2D eigenvalue weighted by atomic mass is 35.5. The molecule has 0 radical (unpaired) electrons. The Morgan fingerprint density at radius 3 is 2.89 bits per heavy atom. The minimum Gasteiger partial charge on any atom is -0.491 e. The molecule has 150 valence electrons. The van der Waals surface area contributed by atoms with Gasteiger partial charge in [0.1, 0.15) is 18.5 Å². The molecular weight excluding hydrogens is 383 g/mol. The van der Waals surface area contributed by atoms with E-state index in [1.807, 2.05) is 6.08 Å². The summed E-state index contributed by atoms with van der Waals surface area (Å²) < 4.78 is 5.56. The summed E-state index contributed by atoms with van der Waals surface area (Å²) >= 11 is 12.4. The van der Waals surface area contributed by atoms with E-state index in [0.29, 0.717) is 17.2 Å². The molecule has 3 nitrogen and oxygen atoms in total. The number of hydrogen-bond donors (Lipinski definition) is 2. The van der Waals surface area contributed by atoms with Crippen molar-refractivity contribution < 1.29 is 14.9 Å². The fraction of sp³-hybridized carbons (Fsp3) is 0.545. The van der Waals surface area contributed by atoms with E-state index in [0.717, 1.165) is 12.8 Å². The smallest absolute Gasteiger partial charge is 0.120 e. The van der Waals surface area contributed by atoms with Crippen molar-refractivity contribution in [3.05, 3.63) is 53.6 Å². The number of rotatable bonds is 10. The van der Waals surface area contributed by atoms with E-state index in [2.05, 4.69) is 19.1 Å². The third-order valence-corrected chi connectivity index (χ3v) is 5.65. The van der Waals surface area contributed by atoms with Crippen molar-refractivity contribution in [2.24, 2.45) is 11.8 Å². The van der Waals surface area contributed by atoms with Gasteiger partial charge in [-0.3, -0.25) is 0 Å². The predicted molar refractivity (Wildman–Crippen MR) is 113 cm³/mol. The van der Waals surface area contributed by atoms with Crippen molar-refractivity contribution in [2.75, 3.05) is 6.61 Å². The number of allylic oxidation sites excluding steroid dienone is 3. The highest BCUT2D eigenvalue weighted by molar-refractivity contribution is 6.30. The van der Waals surface area contributed by atoms with Crippen LogP contribution in [0.2, 0.25) is 5.02 Å². The summed E-state index contributed by atoms with van der Waals surface area (Å²) in [4.78, 5) is 0. The van der Waals surface area contributed by atoms with Crippen molar-refractivity contribution in [1.82, 2.24) is 0 Å². The van der Waals surface area contributed by atoms with E-state index in [1.165, 1.54) is 12.8 Å². The van der Waals surface area contributed by atoms with Crippen LogP contribution in [-0.2, 0) is 0 Å². The van der Waals surface area contributed by atoms with Crippen LogP contribution < -0.4 is 4.74 Å². The SMILES string of the molecule is CCCC/C=C\C[C@@H]1[C@@H](/C=C/[C@@H](O)COc2cccc(Cl)c2)[C@@H](Cl)C[C@@H]1O. The number of alkyl halides is 1. The number of unbranched alkanes of at least 4 members (excludes halogenated alkanes) is 2. The van der Waals surface area contributed by atoms with Crippen LogP contribution in [0.4, 0.5) is 0 Å². The summed E-state index contributed by atoms with van der Waals surface area (Å²) in [6, 6.07) is 7.08. The Balaban J connectivity index is 1.86. The fourth-order valence-electron chi connectivity index (χ4n) is 3.41. The zero-order chi connectivity index (χ0) is 19.6. The first kappa shape index (κ1) is 22.3. The summed E-state index contributed by atoms with van der Waals surface area (Å²) in [5.74, 6) is 0.748. The fourth-order valence-corrected chi connectivity index (χ4v) is 4.04. The third-order valence-electron chi connectivity index (χ3n) is 4.94. The van der Waals surface area contributed by atoms with Crippen LogP contribution in [0, 0.1) is 11.8 Å². The summed E-state index contributed by atoms with van der Waals surface area (Å²) in [5, 5.41) is 21.0. The maximum absolute atomic E-state index is 10.3. The number of ether oxygens (including phenoxy) is 1. The van der Waals surface area contributed by atoms with Gasteiger partial charge < -0.3 is 14.9 Å². The largest absolute Gasteiger partial charge is 0.491 e. The summed E-state index contributed by atoms with van der Waals surface area (Å²) in [7, 11) is 0. The Morgan fingerprint density at radius 1 is 1.33 bits per heavy atom. The number of halogens is 2. The summed E-state index contributed by atoms with van der Waals surface area (Å²) in [6.45, 7) is 2.32. The average molecular weight is 413 g/mol. The Kier molecular flexibility index (Phi) is 9.70. The Hall–Kier alpha value is -1.000. The van der Waals surface area contributed by atoms with Gasteiger partial charge in [0.05, 0.1) is 6.10 Å². The van der Waals surface area contributed by atoms with E-state index in [4.69, 9.17) is 27.9 Å². The molecule has 27 heavy (non-hydrogen) atoms. The van der Waals surface area contributed by atoms with Gasteiger partial charge in [0.2, 0.25) is 0 Å². The van der Waals surface area contributed by atoms with Gasteiger partial charge in [-0.1, -0.05) is 61.7 Å². The van der Waals surface area contributed by atoms with Crippen LogP contribution in [0.5, 0.6) is 5.75 Å². The molecule has 0 spiro atoms. The lowest BCUT2D eigenvalue weighted by atomic mass is 9.90. The van der Waals surface area contributed by atoms with Crippen molar-refractivity contribution in [2.45, 2.75) is 56.6 Å². The minimum atomic E-state index is -0.744. The second-order valence-corrected chi connectivity index (χ2v) is 8.13. The number of aliphatic hydroxyl groups excluding tert-OH is 2. The van der Waals surface area contributed by atoms with Crippen LogP contribution in [-0.4, -0.2) is 34.4 Å². The Bertz CT molecular complexity index is 617. The molecule has 5 atom stereocenters. The van der Waals surface area contributed by atoms with E-state index >= 15 is 0 Å². The maximum atomic E-state index is 10.3. The molecule has 0 unspecified atom stereocenters. The monoisotopic (exact) mass is 412 g/mol. The standard InChI is InChI=1S/C22H30Cl2O3/c1-2-3-4-5-6-10-20-19(21(24)14-22(20)26)12-11-17(25)15-27-18-9-7-8-16(23)13-18/h5-9,11-13,17,19-22,25-26H,2-4,10,14-15H2,1H3/b6-5-,12-11+/t17-,19-,20-,21+,22+/m1/s1. The van der Waals surface area contributed by atoms with Crippen LogP contribution in [0.15, 0.2) is 48.6 Å². The first-order chi connectivity index (χ1) is 13.0. The lowest BCUT2D eigenvalue weighted by molar-refractivity contribution is 0.124. The molecule has 5 heteroatoms. The Labute approximate surface area is 172 Å². The van der Waals surface area contributed by atoms with E-state index in [9.17, 15) is 10.2 Å². The molecule has 0 saturated heterocycles. The number of aliphatic hydroxyl groups is 2. The van der Waals surface area contributed by atoms with Crippen LogP contribution in [0.25, 0.3) is 0 Å². The van der Waals surface area contributed by atoms with Gasteiger partial charge in [-0.25, -0.2) is 0 Å². The highest BCUT2D eigenvalue weighted by Gasteiger charge is 2.39. The van der Waals surface area contributed by atoms with Gasteiger partial charge in [0, 0.05) is 10.4 Å². The molecule has 1 saturated carbocycles. The molecule has 0 aromatic heterocycles. The molecule has 2 rings (SSSR count). The highest BCUT2D eigenvalue weighted by Crippen LogP contribution is 2.39. The molecule has 1 aliphatic carbocycles. The van der Waals surface area contributed by atoms with Crippen LogP contribution in [0.3, 0.4) is 0 Å². The van der Waals surface area contributed by atoms with E-state index < -0.39 is 12.2 Å². The van der Waals surface area contributed by atoms with Gasteiger partial charge in [-0.2, -0.15) is 0 Å². The molecule has 1 aliphatic rings. The molecule has 1 aromatic carbocycles. The summed E-state index contributed by atoms with van der Waals surface area (Å²) in [6.07, 6.45) is 11.7. The first-order valence-corrected chi connectivity index (χ1v) is 10.5. The lowest BCUT2D eigenvalue weighted by Gasteiger charge is -2.19. The third kappa shape index (κ3) is 7.50. The van der Waals surface area contributed by atoms with Gasteiger partial charge >= 0.3 is 0 Å². The van der Waals surface area contributed by atoms with Crippen molar-refractivity contribution in [3.8, 4) is 5.75 Å². The van der Waals surface area contributed by atoms with Crippen molar-refractivity contribution in [3.63, 3.8) is 0 Å². The Morgan fingerprint density at radius 2 is 2.15 bits per heavy atom. The van der Waals surface area contributed by atoms with Crippen LogP contribution in [0.1, 0.15) is 39.0 Å². The minimum absolute atomic E-state index is 0.0401. The predicted octanol–water partition coefficient (Wildman–Crippen LogP) is 5.38. The van der Waals surface area contributed by atoms with Gasteiger partial charge in [0.25, 0.3) is 0 Å². The zero-order valence-electron chi connectivity index (χ0n) is 15.8. The lowest BCUT2D eigenvalue weighted by Crippen LogP contribution is -2.20. The molecule has 1 aromatic rings. The van der Waals surface area contributed by atoms with Crippen molar-refractivity contribution in [1.29, 1.82) is 0 Å². The van der Waals surface area contributed by atoms with Gasteiger partial charge in [0.15, 0.2) is 0 Å². The molecule has 0 heterocycles. The van der Waals surface area contributed by atoms with Gasteiger partial charge in [-0.05, 0) is 49.3 Å². The zero-order valence-corrected chi connectivity index (χ0v) is 17.3. The molecule has 0 bridgehead atoms. The second-order valence-electron chi connectivity index (χ2n) is 7.13. The van der Waals surface area contributed by atoms with E-state index in [-0.39, 0.29) is 23.8 Å². The van der Waals surface area contributed by atoms with Crippen LogP contribution >= 0.6 is 23.2 Å². The molecular formula is C22H30Cl2O3. The normalized spacial score (nSPS) is 26.9. The van der Waals surface area contributed by atoms with Crippen molar-refractivity contribution >= 4 is 23.2 Å². The molecule has 0 aliphatic heterocycles. The number of benzene rings is 1. The first-order valence-electron chi connectivity index (χ1n) is 9.73. The topological polar surface area (TPSA) is 49.7 Å². The maximum Gasteiger partial charge on any atom is 0.120 e. The second kappa shape index (κ2) is 11.8. The average Bonchev–Trinajstić information content (AvgIpc) is 2.91.